The highest BCUT2D eigenvalue weighted by atomic mass is 16.3. The summed E-state index contributed by atoms with van der Waals surface area (Å²) >= 11 is 0. The van der Waals surface area contributed by atoms with Crippen molar-refractivity contribution in [2.75, 3.05) is 0 Å². The van der Waals surface area contributed by atoms with E-state index in [4.69, 9.17) is 0 Å². The minimum atomic E-state index is 0.314. The van der Waals surface area contributed by atoms with Crippen molar-refractivity contribution < 1.29 is 5.11 Å². The molecule has 96 valence electrons. The molecule has 19 heavy (non-hydrogen) atoms. The molecular weight excluding hydrogens is 232 g/mol. The van der Waals surface area contributed by atoms with Gasteiger partial charge in [-0.1, -0.05) is 66.7 Å². The van der Waals surface area contributed by atoms with E-state index in [0.29, 0.717) is 5.76 Å². The number of hydrogen-bond acceptors (Lipinski definition) is 1. The van der Waals surface area contributed by atoms with Gasteiger partial charge in [-0.05, 0) is 30.5 Å². The Balaban J connectivity index is 2.56. The summed E-state index contributed by atoms with van der Waals surface area (Å²) in [5.41, 5.74) is 4.79. The largest absolute Gasteiger partial charge is 0.507 e. The van der Waals surface area contributed by atoms with Crippen molar-refractivity contribution in [3.63, 3.8) is 0 Å². The van der Waals surface area contributed by atoms with Gasteiger partial charge in [0.25, 0.3) is 0 Å². The quantitative estimate of drug-likeness (QED) is 0.589. The molecule has 0 radical (unpaired) electrons. The van der Waals surface area contributed by atoms with E-state index >= 15 is 0 Å². The summed E-state index contributed by atoms with van der Waals surface area (Å²) in [6.07, 6.45) is 0. The van der Waals surface area contributed by atoms with Crippen molar-refractivity contribution in [3.05, 3.63) is 77.9 Å². The smallest absolute Gasteiger partial charge is 0.126 e. The SMILES string of the molecule is C=C(C)c1ccccc1C(C)=C(O)c1ccccc1. The zero-order chi connectivity index (χ0) is 13.8. The van der Waals surface area contributed by atoms with Crippen molar-refractivity contribution >= 4 is 16.9 Å². The van der Waals surface area contributed by atoms with Crippen LogP contribution in [0.25, 0.3) is 16.9 Å². The molecule has 1 heteroatoms. The van der Waals surface area contributed by atoms with E-state index in [1.807, 2.05) is 68.4 Å². The van der Waals surface area contributed by atoms with E-state index in [9.17, 15) is 5.11 Å². The lowest BCUT2D eigenvalue weighted by Crippen LogP contribution is -1.93. The fraction of sp³-hybridized carbons (Fsp3) is 0.111. The second kappa shape index (κ2) is 5.57. The first kappa shape index (κ1) is 13.2. The lowest BCUT2D eigenvalue weighted by molar-refractivity contribution is 0.513. The average Bonchev–Trinajstić information content (AvgIpc) is 2.46. The molecule has 0 fully saturated rings. The van der Waals surface area contributed by atoms with Gasteiger partial charge < -0.3 is 5.11 Å². The van der Waals surface area contributed by atoms with E-state index < -0.39 is 0 Å². The van der Waals surface area contributed by atoms with E-state index in [1.165, 1.54) is 0 Å². The van der Waals surface area contributed by atoms with Crippen LogP contribution in [-0.2, 0) is 0 Å². The predicted molar refractivity (Wildman–Crippen MR) is 82.7 cm³/mol. The van der Waals surface area contributed by atoms with Gasteiger partial charge in [0.1, 0.15) is 5.76 Å². The van der Waals surface area contributed by atoms with Crippen LogP contribution in [0.2, 0.25) is 0 Å². The minimum Gasteiger partial charge on any atom is -0.507 e. The van der Waals surface area contributed by atoms with Crippen LogP contribution in [-0.4, -0.2) is 5.11 Å². The fourth-order valence-corrected chi connectivity index (χ4v) is 2.12. The number of aliphatic hydroxyl groups is 1. The molecular formula is C18H18O. The van der Waals surface area contributed by atoms with Crippen LogP contribution in [0, 0.1) is 0 Å². The van der Waals surface area contributed by atoms with Gasteiger partial charge in [0, 0.05) is 5.56 Å². The van der Waals surface area contributed by atoms with Crippen LogP contribution in [0.1, 0.15) is 30.5 Å². The van der Waals surface area contributed by atoms with Gasteiger partial charge in [-0.3, -0.25) is 0 Å². The zero-order valence-corrected chi connectivity index (χ0v) is 11.4. The van der Waals surface area contributed by atoms with Crippen molar-refractivity contribution in [2.24, 2.45) is 0 Å². The first-order valence-corrected chi connectivity index (χ1v) is 6.32. The highest BCUT2D eigenvalue weighted by molar-refractivity contribution is 5.89. The van der Waals surface area contributed by atoms with Crippen LogP contribution in [0.5, 0.6) is 0 Å². The second-order valence-corrected chi connectivity index (χ2v) is 4.67. The maximum Gasteiger partial charge on any atom is 0.126 e. The molecule has 2 rings (SSSR count). The predicted octanol–water partition coefficient (Wildman–Crippen LogP) is 5.17. The van der Waals surface area contributed by atoms with Crippen molar-refractivity contribution in [3.8, 4) is 0 Å². The molecule has 1 N–H and O–H groups in total. The van der Waals surface area contributed by atoms with Gasteiger partial charge in [0.05, 0.1) is 0 Å². The topological polar surface area (TPSA) is 20.2 Å². The lowest BCUT2D eigenvalue weighted by atomic mass is 9.94. The molecule has 0 saturated heterocycles. The first-order valence-electron chi connectivity index (χ1n) is 6.32. The van der Waals surface area contributed by atoms with E-state index in [-0.39, 0.29) is 0 Å². The van der Waals surface area contributed by atoms with Crippen LogP contribution in [0.3, 0.4) is 0 Å². The van der Waals surface area contributed by atoms with E-state index in [1.54, 1.807) is 0 Å². The molecule has 0 amide bonds. The molecule has 0 aliphatic rings. The molecule has 0 aromatic heterocycles. The molecule has 0 aliphatic heterocycles. The van der Waals surface area contributed by atoms with E-state index in [2.05, 4.69) is 6.58 Å². The summed E-state index contributed by atoms with van der Waals surface area (Å²) in [5.74, 6) is 0.314. The number of rotatable bonds is 3. The Hall–Kier alpha value is -2.28. The summed E-state index contributed by atoms with van der Waals surface area (Å²) in [7, 11) is 0. The molecule has 0 atom stereocenters. The lowest BCUT2D eigenvalue weighted by Gasteiger charge is -2.12. The Bertz CT molecular complexity index is 621. The maximum absolute atomic E-state index is 10.4. The van der Waals surface area contributed by atoms with Crippen molar-refractivity contribution in [1.29, 1.82) is 0 Å². The fourth-order valence-electron chi connectivity index (χ4n) is 2.12. The van der Waals surface area contributed by atoms with E-state index in [0.717, 1.165) is 27.8 Å². The normalized spacial score (nSPS) is 11.9. The highest BCUT2D eigenvalue weighted by Gasteiger charge is 2.09. The number of allylic oxidation sites excluding steroid dienone is 2. The summed E-state index contributed by atoms with van der Waals surface area (Å²) in [6.45, 7) is 7.91. The molecule has 0 bridgehead atoms. The summed E-state index contributed by atoms with van der Waals surface area (Å²) < 4.78 is 0. The van der Waals surface area contributed by atoms with Crippen LogP contribution < -0.4 is 0 Å². The molecule has 0 aliphatic carbocycles. The molecule has 0 heterocycles. The van der Waals surface area contributed by atoms with Crippen LogP contribution in [0.4, 0.5) is 0 Å². The van der Waals surface area contributed by atoms with Gasteiger partial charge in [0.2, 0.25) is 0 Å². The Morgan fingerprint density at radius 3 is 1.95 bits per heavy atom. The highest BCUT2D eigenvalue weighted by Crippen LogP contribution is 2.29. The summed E-state index contributed by atoms with van der Waals surface area (Å²) in [6, 6.07) is 17.6. The molecule has 2 aromatic carbocycles. The van der Waals surface area contributed by atoms with Gasteiger partial charge in [0.15, 0.2) is 0 Å². The first-order chi connectivity index (χ1) is 9.11. The Labute approximate surface area is 114 Å². The monoisotopic (exact) mass is 250 g/mol. The maximum atomic E-state index is 10.4. The Morgan fingerprint density at radius 2 is 1.37 bits per heavy atom. The van der Waals surface area contributed by atoms with Crippen molar-refractivity contribution in [2.45, 2.75) is 13.8 Å². The molecule has 1 nitrogen and oxygen atoms in total. The van der Waals surface area contributed by atoms with Gasteiger partial charge in [-0.25, -0.2) is 0 Å². The summed E-state index contributed by atoms with van der Waals surface area (Å²) in [5, 5.41) is 10.4. The Kier molecular flexibility index (Phi) is 3.86. The van der Waals surface area contributed by atoms with Gasteiger partial charge >= 0.3 is 0 Å². The number of benzene rings is 2. The Morgan fingerprint density at radius 1 is 0.842 bits per heavy atom. The molecule has 2 aromatic rings. The third-order valence-electron chi connectivity index (χ3n) is 3.19. The number of aliphatic hydroxyl groups excluding tert-OH is 1. The standard InChI is InChI=1S/C18H18O/c1-13(2)16-11-7-8-12-17(16)14(3)18(19)15-9-5-4-6-10-15/h4-12,19H,1H2,2-3H3. The third-order valence-corrected chi connectivity index (χ3v) is 3.19. The average molecular weight is 250 g/mol. The zero-order valence-electron chi connectivity index (χ0n) is 11.4. The third kappa shape index (κ3) is 2.76. The van der Waals surface area contributed by atoms with Crippen LogP contribution >= 0.6 is 0 Å². The number of hydrogen-bond donors (Lipinski definition) is 1. The summed E-state index contributed by atoms with van der Waals surface area (Å²) in [4.78, 5) is 0. The molecule has 0 saturated carbocycles. The second-order valence-electron chi connectivity index (χ2n) is 4.67. The molecule has 0 spiro atoms. The van der Waals surface area contributed by atoms with Gasteiger partial charge in [-0.2, -0.15) is 0 Å². The van der Waals surface area contributed by atoms with Crippen molar-refractivity contribution in [1.82, 2.24) is 0 Å². The molecule has 0 unspecified atom stereocenters. The minimum absolute atomic E-state index is 0.314. The van der Waals surface area contributed by atoms with Gasteiger partial charge in [-0.15, -0.1) is 0 Å². The van der Waals surface area contributed by atoms with Crippen LogP contribution in [0.15, 0.2) is 61.2 Å².